The number of hydrogen-bond acceptors (Lipinski definition) is 4. The zero-order valence-corrected chi connectivity index (χ0v) is 17.8. The molecule has 6 heteroatoms. The monoisotopic (exact) mass is 430 g/mol. The van der Waals surface area contributed by atoms with Crippen LogP contribution in [0.4, 0.5) is 0 Å². The van der Waals surface area contributed by atoms with E-state index in [4.69, 9.17) is 4.74 Å². The van der Waals surface area contributed by atoms with Gasteiger partial charge in [0.05, 0.1) is 4.90 Å². The molecule has 156 valence electrons. The third-order valence-electron chi connectivity index (χ3n) is 4.77. The Labute approximate surface area is 182 Å². The van der Waals surface area contributed by atoms with Gasteiger partial charge in [-0.15, -0.1) is 0 Å². The average molecular weight is 431 g/mol. The largest absolute Gasteiger partial charge is 0.439 e. The molecule has 0 bridgehead atoms. The van der Waals surface area contributed by atoms with Crippen LogP contribution in [-0.4, -0.2) is 13.4 Å². The number of sulfonamides is 1. The number of nitrogens with zero attached hydrogens (tertiary/aromatic N) is 1. The molecule has 4 rings (SSSR count). The molecule has 0 atom stereocenters. The van der Waals surface area contributed by atoms with Crippen molar-refractivity contribution in [3.8, 4) is 22.8 Å². The second-order valence-corrected chi connectivity index (χ2v) is 8.90. The van der Waals surface area contributed by atoms with Gasteiger partial charge in [-0.25, -0.2) is 18.1 Å². The molecular formula is C25H22N2O3S. The molecule has 4 aromatic rings. The lowest BCUT2D eigenvalue weighted by molar-refractivity contribution is 0.462. The highest BCUT2D eigenvalue weighted by atomic mass is 32.2. The number of rotatable bonds is 7. The van der Waals surface area contributed by atoms with E-state index in [9.17, 15) is 8.42 Å². The minimum absolute atomic E-state index is 0.154. The highest BCUT2D eigenvalue weighted by Crippen LogP contribution is 2.23. The smallest absolute Gasteiger partial charge is 0.240 e. The maximum absolute atomic E-state index is 12.7. The molecule has 0 fully saturated rings. The van der Waals surface area contributed by atoms with Crippen LogP contribution in [0.2, 0.25) is 0 Å². The molecule has 0 aliphatic rings. The summed E-state index contributed by atoms with van der Waals surface area (Å²) in [5.74, 6) is 1.08. The molecule has 1 aromatic heterocycles. The third kappa shape index (κ3) is 5.36. The number of benzene rings is 3. The first-order valence-electron chi connectivity index (χ1n) is 9.84. The maximum Gasteiger partial charge on any atom is 0.240 e. The normalized spacial score (nSPS) is 11.3. The van der Waals surface area contributed by atoms with Crippen molar-refractivity contribution in [1.82, 2.24) is 9.71 Å². The summed E-state index contributed by atoms with van der Waals surface area (Å²) >= 11 is 0. The Kier molecular flexibility index (Phi) is 6.11. The van der Waals surface area contributed by atoms with Gasteiger partial charge in [0.1, 0.15) is 5.75 Å². The molecule has 31 heavy (non-hydrogen) atoms. The predicted molar refractivity (Wildman–Crippen MR) is 121 cm³/mol. The first-order valence-corrected chi connectivity index (χ1v) is 11.3. The standard InChI is InChI=1S/C25H22N2O3S/c1-19-8-10-21(11-9-19)22-12-14-24(15-13-22)31(28,29)27-18-20-5-4-6-23(17-20)30-25-7-2-3-16-26-25/h2-17,27H,18H2,1H3. The number of pyridine rings is 1. The van der Waals surface area contributed by atoms with Crippen molar-refractivity contribution >= 4 is 10.0 Å². The third-order valence-corrected chi connectivity index (χ3v) is 6.19. The van der Waals surface area contributed by atoms with E-state index < -0.39 is 10.0 Å². The fourth-order valence-corrected chi connectivity index (χ4v) is 4.10. The van der Waals surface area contributed by atoms with Crippen molar-refractivity contribution in [2.75, 3.05) is 0 Å². The molecule has 0 saturated heterocycles. The summed E-state index contributed by atoms with van der Waals surface area (Å²) in [4.78, 5) is 4.35. The van der Waals surface area contributed by atoms with Gasteiger partial charge in [-0.05, 0) is 53.9 Å². The summed E-state index contributed by atoms with van der Waals surface area (Å²) in [5.41, 5.74) is 3.99. The summed E-state index contributed by atoms with van der Waals surface area (Å²) in [6.07, 6.45) is 1.65. The van der Waals surface area contributed by atoms with Crippen molar-refractivity contribution in [1.29, 1.82) is 0 Å². The van der Waals surface area contributed by atoms with Crippen molar-refractivity contribution in [2.24, 2.45) is 0 Å². The topological polar surface area (TPSA) is 68.3 Å². The van der Waals surface area contributed by atoms with Crippen LogP contribution in [-0.2, 0) is 16.6 Å². The van der Waals surface area contributed by atoms with Gasteiger partial charge in [-0.1, -0.05) is 60.2 Å². The van der Waals surface area contributed by atoms with E-state index in [1.54, 1.807) is 36.5 Å². The summed E-state index contributed by atoms with van der Waals surface area (Å²) in [5, 5.41) is 0. The SMILES string of the molecule is Cc1ccc(-c2ccc(S(=O)(=O)NCc3cccc(Oc4ccccn4)c3)cc2)cc1. The minimum atomic E-state index is -3.64. The lowest BCUT2D eigenvalue weighted by atomic mass is 10.0. The molecule has 1 heterocycles. The molecule has 0 aliphatic carbocycles. The van der Waals surface area contributed by atoms with Crippen LogP contribution >= 0.6 is 0 Å². The molecule has 0 unspecified atom stereocenters. The van der Waals surface area contributed by atoms with E-state index in [0.717, 1.165) is 16.7 Å². The van der Waals surface area contributed by atoms with Gasteiger partial charge in [-0.2, -0.15) is 0 Å². The van der Waals surface area contributed by atoms with Crippen LogP contribution in [0.25, 0.3) is 11.1 Å². The van der Waals surface area contributed by atoms with Crippen molar-refractivity contribution < 1.29 is 13.2 Å². The minimum Gasteiger partial charge on any atom is -0.439 e. The zero-order chi connectivity index (χ0) is 21.7. The molecule has 0 saturated carbocycles. The maximum atomic E-state index is 12.7. The second kappa shape index (κ2) is 9.12. The molecule has 5 nitrogen and oxygen atoms in total. The number of ether oxygens (including phenoxy) is 1. The summed E-state index contributed by atoms with van der Waals surface area (Å²) < 4.78 is 33.8. The fraction of sp³-hybridized carbons (Fsp3) is 0.0800. The van der Waals surface area contributed by atoms with E-state index in [-0.39, 0.29) is 11.4 Å². The van der Waals surface area contributed by atoms with Gasteiger partial charge < -0.3 is 4.74 Å². The Bertz CT molecular complexity index is 1250. The van der Waals surface area contributed by atoms with E-state index in [1.807, 2.05) is 67.6 Å². The lowest BCUT2D eigenvalue weighted by Crippen LogP contribution is -2.23. The van der Waals surface area contributed by atoms with Crippen molar-refractivity contribution in [3.63, 3.8) is 0 Å². The predicted octanol–water partition coefficient (Wildman–Crippen LogP) is 5.33. The summed E-state index contributed by atoms with van der Waals surface area (Å²) in [6.45, 7) is 2.19. The Morgan fingerprint density at radius 3 is 2.23 bits per heavy atom. The molecule has 1 N–H and O–H groups in total. The molecule has 0 aliphatic heterocycles. The van der Waals surface area contributed by atoms with Gasteiger partial charge in [0.2, 0.25) is 15.9 Å². The van der Waals surface area contributed by atoms with Crippen LogP contribution in [0, 0.1) is 6.92 Å². The quantitative estimate of drug-likeness (QED) is 0.430. The van der Waals surface area contributed by atoms with Gasteiger partial charge >= 0.3 is 0 Å². The Morgan fingerprint density at radius 2 is 1.55 bits per heavy atom. The Morgan fingerprint density at radius 1 is 0.839 bits per heavy atom. The van der Waals surface area contributed by atoms with Crippen LogP contribution in [0.3, 0.4) is 0 Å². The van der Waals surface area contributed by atoms with Crippen LogP contribution in [0.1, 0.15) is 11.1 Å². The second-order valence-electron chi connectivity index (χ2n) is 7.13. The van der Waals surface area contributed by atoms with Crippen LogP contribution < -0.4 is 9.46 Å². The molecule has 0 amide bonds. The van der Waals surface area contributed by atoms with Crippen molar-refractivity contribution in [2.45, 2.75) is 18.4 Å². The molecule has 3 aromatic carbocycles. The molecular weight excluding hydrogens is 408 g/mol. The van der Waals surface area contributed by atoms with Gasteiger partial charge in [0, 0.05) is 18.8 Å². The van der Waals surface area contributed by atoms with Gasteiger partial charge in [0.25, 0.3) is 0 Å². The van der Waals surface area contributed by atoms with Gasteiger partial charge in [0.15, 0.2) is 0 Å². The van der Waals surface area contributed by atoms with E-state index in [1.165, 1.54) is 5.56 Å². The van der Waals surface area contributed by atoms with E-state index in [2.05, 4.69) is 9.71 Å². The highest BCUT2D eigenvalue weighted by Gasteiger charge is 2.14. The number of hydrogen-bond donors (Lipinski definition) is 1. The van der Waals surface area contributed by atoms with Crippen LogP contribution in [0.15, 0.2) is 102 Å². The first kappa shape index (κ1) is 20.8. The Hall–Kier alpha value is -3.48. The van der Waals surface area contributed by atoms with Crippen LogP contribution in [0.5, 0.6) is 11.6 Å². The number of aryl methyl sites for hydroxylation is 1. The van der Waals surface area contributed by atoms with Crippen molar-refractivity contribution in [3.05, 3.63) is 108 Å². The van der Waals surface area contributed by atoms with E-state index >= 15 is 0 Å². The summed E-state index contributed by atoms with van der Waals surface area (Å²) in [7, 11) is -3.64. The summed E-state index contributed by atoms with van der Waals surface area (Å²) in [6, 6.07) is 27.7. The highest BCUT2D eigenvalue weighted by molar-refractivity contribution is 7.89. The fourth-order valence-electron chi connectivity index (χ4n) is 3.08. The number of aromatic nitrogens is 1. The van der Waals surface area contributed by atoms with Gasteiger partial charge in [-0.3, -0.25) is 0 Å². The molecule has 0 spiro atoms. The first-order chi connectivity index (χ1) is 15.0. The molecule has 0 radical (unpaired) electrons. The zero-order valence-electron chi connectivity index (χ0n) is 17.0. The average Bonchev–Trinajstić information content (AvgIpc) is 2.79. The lowest BCUT2D eigenvalue weighted by Gasteiger charge is -2.10. The Balaban J connectivity index is 1.43. The number of nitrogens with one attached hydrogen (secondary N) is 1. The van der Waals surface area contributed by atoms with E-state index in [0.29, 0.717) is 11.6 Å².